The van der Waals surface area contributed by atoms with Crippen LogP contribution in [0.15, 0.2) is 18.2 Å². The molecular weight excluding hydrogens is 408 g/mol. The summed E-state index contributed by atoms with van der Waals surface area (Å²) >= 11 is 14.5. The molecule has 1 aromatic carbocycles. The minimum absolute atomic E-state index is 0.285. The highest BCUT2D eigenvalue weighted by atomic mass is 127. The SMILES string of the molecule is CC(C)c1nc(Cc2c(Cl)cccc2Cl)nc(N)c1I. The molecule has 0 saturated carbocycles. The first-order valence-electron chi connectivity index (χ1n) is 6.14. The third-order valence-corrected chi connectivity index (χ3v) is 4.71. The van der Waals surface area contributed by atoms with E-state index in [1.807, 2.05) is 18.2 Å². The first kappa shape index (κ1) is 15.8. The Kier molecular flexibility index (Phi) is 5.09. The smallest absolute Gasteiger partial charge is 0.140 e. The number of rotatable bonds is 3. The fourth-order valence-corrected chi connectivity index (χ4v) is 3.25. The van der Waals surface area contributed by atoms with Crippen molar-refractivity contribution in [3.05, 3.63) is 48.9 Å². The van der Waals surface area contributed by atoms with Gasteiger partial charge in [-0.2, -0.15) is 0 Å². The maximum Gasteiger partial charge on any atom is 0.140 e. The van der Waals surface area contributed by atoms with Gasteiger partial charge in [-0.1, -0.05) is 43.1 Å². The van der Waals surface area contributed by atoms with Crippen molar-refractivity contribution in [3.8, 4) is 0 Å². The van der Waals surface area contributed by atoms with Gasteiger partial charge in [0.25, 0.3) is 0 Å². The van der Waals surface area contributed by atoms with Crippen LogP contribution < -0.4 is 5.73 Å². The van der Waals surface area contributed by atoms with Crippen LogP contribution in [0.4, 0.5) is 5.82 Å². The number of halogens is 3. The quantitative estimate of drug-likeness (QED) is 0.731. The van der Waals surface area contributed by atoms with Gasteiger partial charge in [-0.05, 0) is 46.2 Å². The molecule has 6 heteroatoms. The van der Waals surface area contributed by atoms with Gasteiger partial charge >= 0.3 is 0 Å². The van der Waals surface area contributed by atoms with Crippen molar-refractivity contribution in [3.63, 3.8) is 0 Å². The van der Waals surface area contributed by atoms with E-state index in [0.717, 1.165) is 14.8 Å². The molecule has 106 valence electrons. The monoisotopic (exact) mass is 421 g/mol. The average Bonchev–Trinajstić information content (AvgIpc) is 2.37. The van der Waals surface area contributed by atoms with Crippen molar-refractivity contribution >= 4 is 51.6 Å². The topological polar surface area (TPSA) is 51.8 Å². The molecule has 3 nitrogen and oxygen atoms in total. The molecule has 2 rings (SSSR count). The highest BCUT2D eigenvalue weighted by Crippen LogP contribution is 2.28. The lowest BCUT2D eigenvalue weighted by molar-refractivity contribution is 0.785. The maximum absolute atomic E-state index is 6.18. The van der Waals surface area contributed by atoms with Gasteiger partial charge in [0.15, 0.2) is 0 Å². The Morgan fingerprint density at radius 3 is 2.35 bits per heavy atom. The van der Waals surface area contributed by atoms with Crippen LogP contribution in [-0.2, 0) is 6.42 Å². The van der Waals surface area contributed by atoms with Gasteiger partial charge in [-0.25, -0.2) is 9.97 Å². The number of aromatic nitrogens is 2. The molecular formula is C14H14Cl2IN3. The molecule has 0 aliphatic heterocycles. The Balaban J connectivity index is 2.44. The summed E-state index contributed by atoms with van der Waals surface area (Å²) in [6.45, 7) is 4.16. The second-order valence-electron chi connectivity index (χ2n) is 4.76. The Morgan fingerprint density at radius 2 is 1.80 bits per heavy atom. The third-order valence-electron chi connectivity index (χ3n) is 2.89. The van der Waals surface area contributed by atoms with E-state index in [2.05, 4.69) is 46.4 Å². The standard InChI is InChI=1S/C14H14Cl2IN3/c1-7(2)13-12(17)14(18)20-11(19-13)6-8-9(15)4-3-5-10(8)16/h3-5,7H,6H2,1-2H3,(H2,18,19,20). The van der Waals surface area contributed by atoms with Crippen LogP contribution in [-0.4, -0.2) is 9.97 Å². The van der Waals surface area contributed by atoms with Crippen molar-refractivity contribution in [2.75, 3.05) is 5.73 Å². The summed E-state index contributed by atoms with van der Waals surface area (Å²) in [6.07, 6.45) is 0.472. The van der Waals surface area contributed by atoms with Gasteiger partial charge in [0.1, 0.15) is 11.6 Å². The lowest BCUT2D eigenvalue weighted by Crippen LogP contribution is -2.09. The molecule has 20 heavy (non-hydrogen) atoms. The molecule has 0 fully saturated rings. The van der Waals surface area contributed by atoms with E-state index in [4.69, 9.17) is 28.9 Å². The van der Waals surface area contributed by atoms with Crippen LogP contribution in [0.1, 0.15) is 36.8 Å². The van der Waals surface area contributed by atoms with E-state index < -0.39 is 0 Å². The first-order valence-corrected chi connectivity index (χ1v) is 7.98. The molecule has 0 radical (unpaired) electrons. The summed E-state index contributed by atoms with van der Waals surface area (Å²) in [6, 6.07) is 5.43. The Morgan fingerprint density at radius 1 is 1.20 bits per heavy atom. The molecule has 0 saturated heterocycles. The van der Waals surface area contributed by atoms with Gasteiger partial charge in [0, 0.05) is 16.5 Å². The van der Waals surface area contributed by atoms with Crippen LogP contribution in [0, 0.1) is 3.57 Å². The Bertz CT molecular complexity index is 624. The molecule has 1 heterocycles. The molecule has 0 atom stereocenters. The van der Waals surface area contributed by atoms with Crippen molar-refractivity contribution in [2.45, 2.75) is 26.2 Å². The number of nitrogen functional groups attached to an aromatic ring is 1. The summed E-state index contributed by atoms with van der Waals surface area (Å²) in [5.41, 5.74) is 7.74. The highest BCUT2D eigenvalue weighted by molar-refractivity contribution is 14.1. The molecule has 2 N–H and O–H groups in total. The predicted molar refractivity (Wildman–Crippen MR) is 92.5 cm³/mol. The lowest BCUT2D eigenvalue weighted by Gasteiger charge is -2.12. The van der Waals surface area contributed by atoms with E-state index >= 15 is 0 Å². The van der Waals surface area contributed by atoms with E-state index in [1.165, 1.54) is 0 Å². The summed E-state index contributed by atoms with van der Waals surface area (Å²) in [5.74, 6) is 1.43. The number of anilines is 1. The van der Waals surface area contributed by atoms with Gasteiger partial charge < -0.3 is 5.73 Å². The summed E-state index contributed by atoms with van der Waals surface area (Å²) < 4.78 is 0.909. The zero-order chi connectivity index (χ0) is 14.9. The molecule has 0 amide bonds. The zero-order valence-electron chi connectivity index (χ0n) is 11.1. The molecule has 1 aromatic heterocycles. The van der Waals surface area contributed by atoms with Crippen LogP contribution in [0.5, 0.6) is 0 Å². The second kappa shape index (κ2) is 6.45. The maximum atomic E-state index is 6.18. The molecule has 0 aliphatic carbocycles. The van der Waals surface area contributed by atoms with Crippen LogP contribution in [0.25, 0.3) is 0 Å². The first-order chi connectivity index (χ1) is 9.40. The minimum atomic E-state index is 0.285. The van der Waals surface area contributed by atoms with Crippen LogP contribution >= 0.6 is 45.8 Å². The zero-order valence-corrected chi connectivity index (χ0v) is 14.8. The van der Waals surface area contributed by atoms with Gasteiger partial charge in [0.2, 0.25) is 0 Å². The summed E-state index contributed by atoms with van der Waals surface area (Å²) in [5, 5.41) is 1.23. The number of benzene rings is 1. The number of hydrogen-bond donors (Lipinski definition) is 1. The van der Waals surface area contributed by atoms with E-state index in [0.29, 0.717) is 28.1 Å². The van der Waals surface area contributed by atoms with Crippen molar-refractivity contribution < 1.29 is 0 Å². The molecule has 2 aromatic rings. The van der Waals surface area contributed by atoms with E-state index in [1.54, 1.807) is 0 Å². The Labute approximate surface area is 142 Å². The average molecular weight is 422 g/mol. The molecule has 0 unspecified atom stereocenters. The fourth-order valence-electron chi connectivity index (χ4n) is 1.85. The normalized spacial score (nSPS) is 11.1. The van der Waals surface area contributed by atoms with Crippen molar-refractivity contribution in [2.24, 2.45) is 0 Å². The minimum Gasteiger partial charge on any atom is -0.383 e. The van der Waals surface area contributed by atoms with Gasteiger partial charge in [-0.15, -0.1) is 0 Å². The van der Waals surface area contributed by atoms with Crippen molar-refractivity contribution in [1.29, 1.82) is 0 Å². The van der Waals surface area contributed by atoms with E-state index in [9.17, 15) is 0 Å². The highest BCUT2D eigenvalue weighted by Gasteiger charge is 2.15. The molecule has 0 spiro atoms. The van der Waals surface area contributed by atoms with Crippen LogP contribution in [0.2, 0.25) is 10.0 Å². The number of nitrogens with zero attached hydrogens (tertiary/aromatic N) is 2. The predicted octanol–water partition coefficient (Wildman–Crippen LogP) is 4.68. The second-order valence-corrected chi connectivity index (χ2v) is 6.65. The number of nitrogens with two attached hydrogens (primary N) is 1. The van der Waals surface area contributed by atoms with Crippen LogP contribution in [0.3, 0.4) is 0 Å². The summed E-state index contributed by atoms with van der Waals surface area (Å²) in [4.78, 5) is 8.93. The van der Waals surface area contributed by atoms with E-state index in [-0.39, 0.29) is 5.92 Å². The third kappa shape index (κ3) is 3.35. The molecule has 0 aliphatic rings. The fraction of sp³-hybridized carbons (Fsp3) is 0.286. The summed E-state index contributed by atoms with van der Waals surface area (Å²) in [7, 11) is 0. The largest absolute Gasteiger partial charge is 0.383 e. The van der Waals surface area contributed by atoms with Gasteiger partial charge in [-0.3, -0.25) is 0 Å². The van der Waals surface area contributed by atoms with Gasteiger partial charge in [0.05, 0.1) is 9.26 Å². The molecule has 0 bridgehead atoms. The lowest BCUT2D eigenvalue weighted by atomic mass is 10.1. The Hall–Kier alpha value is -0.590. The number of hydrogen-bond acceptors (Lipinski definition) is 3. The van der Waals surface area contributed by atoms with Crippen molar-refractivity contribution in [1.82, 2.24) is 9.97 Å².